The summed E-state index contributed by atoms with van der Waals surface area (Å²) in [6.45, 7) is 4.02. The van der Waals surface area contributed by atoms with Gasteiger partial charge in [0.2, 0.25) is 0 Å². The maximum absolute atomic E-state index is 13.0. The van der Waals surface area contributed by atoms with Gasteiger partial charge < -0.3 is 19.3 Å². The van der Waals surface area contributed by atoms with Crippen molar-refractivity contribution >= 4 is 29.3 Å². The van der Waals surface area contributed by atoms with Crippen molar-refractivity contribution in [3.8, 4) is 11.5 Å². The average Bonchev–Trinajstić information content (AvgIpc) is 3.09. The summed E-state index contributed by atoms with van der Waals surface area (Å²) in [7, 11) is 1.55. The van der Waals surface area contributed by atoms with Crippen LogP contribution in [0.2, 0.25) is 5.02 Å². The first-order valence-corrected chi connectivity index (χ1v) is 11.3. The second-order valence-electron chi connectivity index (χ2n) is 7.30. The molecule has 3 aromatic rings. The molecule has 4 rings (SSSR count). The Balaban J connectivity index is 1.49. The molecule has 1 amide bonds. The number of rotatable bonds is 6. The molecule has 2 heterocycles. The standard InChI is InChI=1S/C23H23ClN2O4S/c1-13-18(14(2)30-26-13)12-29-20-6-4-15(10-21(20)28-3)23(27)25-19-8-9-31-22-7-5-16(24)11-17(19)22/h4-7,10-11,19H,8-9,12H2,1-3H3,(H,25,27)/t19-/m1/s1. The molecule has 8 heteroatoms. The summed E-state index contributed by atoms with van der Waals surface area (Å²) in [5.41, 5.74) is 3.25. The molecule has 162 valence electrons. The van der Waals surface area contributed by atoms with E-state index in [1.54, 1.807) is 37.1 Å². The zero-order valence-electron chi connectivity index (χ0n) is 17.5. The molecule has 2 aromatic carbocycles. The molecule has 31 heavy (non-hydrogen) atoms. The van der Waals surface area contributed by atoms with Gasteiger partial charge >= 0.3 is 0 Å². The van der Waals surface area contributed by atoms with Crippen molar-refractivity contribution in [2.24, 2.45) is 0 Å². The third-order valence-corrected chi connectivity index (χ3v) is 6.65. The molecule has 1 aliphatic heterocycles. The third-order valence-electron chi connectivity index (χ3n) is 5.30. The molecular formula is C23H23ClN2O4S. The molecule has 1 aromatic heterocycles. The van der Waals surface area contributed by atoms with E-state index in [4.69, 9.17) is 25.6 Å². The van der Waals surface area contributed by atoms with Crippen LogP contribution in [0, 0.1) is 13.8 Å². The Labute approximate surface area is 190 Å². The number of ether oxygens (including phenoxy) is 2. The van der Waals surface area contributed by atoms with Crippen LogP contribution in [0.15, 0.2) is 45.8 Å². The third kappa shape index (κ3) is 4.67. The van der Waals surface area contributed by atoms with Crippen molar-refractivity contribution in [1.82, 2.24) is 10.5 Å². The molecule has 0 unspecified atom stereocenters. The van der Waals surface area contributed by atoms with Crippen molar-refractivity contribution in [3.63, 3.8) is 0 Å². The van der Waals surface area contributed by atoms with Crippen molar-refractivity contribution in [2.45, 2.75) is 37.8 Å². The number of halogens is 1. The normalized spacial score (nSPS) is 15.3. The van der Waals surface area contributed by atoms with Crippen molar-refractivity contribution < 1.29 is 18.8 Å². The Morgan fingerprint density at radius 3 is 2.84 bits per heavy atom. The fourth-order valence-electron chi connectivity index (χ4n) is 3.54. The molecule has 1 aliphatic rings. The molecular weight excluding hydrogens is 436 g/mol. The molecule has 1 N–H and O–H groups in total. The lowest BCUT2D eigenvalue weighted by Crippen LogP contribution is -2.30. The number of hydrogen-bond acceptors (Lipinski definition) is 6. The number of benzene rings is 2. The number of hydrogen-bond donors (Lipinski definition) is 1. The lowest BCUT2D eigenvalue weighted by atomic mass is 10.0. The first-order valence-electron chi connectivity index (χ1n) is 9.92. The summed E-state index contributed by atoms with van der Waals surface area (Å²) >= 11 is 7.96. The molecule has 1 atom stereocenters. The number of carbonyl (C=O) groups is 1. The van der Waals surface area contributed by atoms with E-state index in [1.165, 1.54) is 0 Å². The fraction of sp³-hybridized carbons (Fsp3) is 0.304. The van der Waals surface area contributed by atoms with Gasteiger partial charge in [-0.3, -0.25) is 4.79 Å². The summed E-state index contributed by atoms with van der Waals surface area (Å²) in [5.74, 6) is 2.53. The van der Waals surface area contributed by atoms with Gasteiger partial charge in [0, 0.05) is 21.2 Å². The highest BCUT2D eigenvalue weighted by Crippen LogP contribution is 2.38. The summed E-state index contributed by atoms with van der Waals surface area (Å²) in [6.07, 6.45) is 0.847. The number of nitrogens with zero attached hydrogens (tertiary/aromatic N) is 1. The predicted molar refractivity (Wildman–Crippen MR) is 120 cm³/mol. The number of fused-ring (bicyclic) bond motifs is 1. The summed E-state index contributed by atoms with van der Waals surface area (Å²) in [4.78, 5) is 14.1. The molecule has 0 radical (unpaired) electrons. The van der Waals surface area contributed by atoms with E-state index in [9.17, 15) is 4.79 Å². The summed E-state index contributed by atoms with van der Waals surface area (Å²) in [6, 6.07) is 10.9. The highest BCUT2D eigenvalue weighted by atomic mass is 35.5. The number of aromatic nitrogens is 1. The van der Waals surface area contributed by atoms with Crippen molar-refractivity contribution in [2.75, 3.05) is 12.9 Å². The highest BCUT2D eigenvalue weighted by molar-refractivity contribution is 7.99. The number of carbonyl (C=O) groups excluding carboxylic acids is 1. The molecule has 0 aliphatic carbocycles. The Morgan fingerprint density at radius 1 is 1.26 bits per heavy atom. The van der Waals surface area contributed by atoms with Gasteiger partial charge in [-0.2, -0.15) is 0 Å². The van der Waals surface area contributed by atoms with E-state index in [-0.39, 0.29) is 11.9 Å². The molecule has 0 bridgehead atoms. The zero-order valence-corrected chi connectivity index (χ0v) is 19.1. The number of methoxy groups -OCH3 is 1. The minimum absolute atomic E-state index is 0.0797. The number of thioether (sulfide) groups is 1. The van der Waals surface area contributed by atoms with Crippen LogP contribution >= 0.6 is 23.4 Å². The van der Waals surface area contributed by atoms with Gasteiger partial charge in [0.25, 0.3) is 5.91 Å². The van der Waals surface area contributed by atoms with Gasteiger partial charge in [-0.15, -0.1) is 11.8 Å². The Hall–Kier alpha value is -2.64. The number of aryl methyl sites for hydroxylation is 2. The van der Waals surface area contributed by atoms with E-state index in [1.807, 2.05) is 32.0 Å². The highest BCUT2D eigenvalue weighted by Gasteiger charge is 2.24. The lowest BCUT2D eigenvalue weighted by molar-refractivity contribution is 0.0934. The zero-order chi connectivity index (χ0) is 22.0. The maximum Gasteiger partial charge on any atom is 0.251 e. The van der Waals surface area contributed by atoms with Gasteiger partial charge in [0.05, 0.1) is 24.4 Å². The van der Waals surface area contributed by atoms with Gasteiger partial charge in [-0.1, -0.05) is 16.8 Å². The van der Waals surface area contributed by atoms with E-state index < -0.39 is 0 Å². The van der Waals surface area contributed by atoms with E-state index in [0.717, 1.165) is 39.7 Å². The molecule has 0 spiro atoms. The van der Waals surface area contributed by atoms with Gasteiger partial charge in [-0.05, 0) is 62.2 Å². The lowest BCUT2D eigenvalue weighted by Gasteiger charge is -2.26. The van der Waals surface area contributed by atoms with Crippen LogP contribution in [0.3, 0.4) is 0 Å². The quantitative estimate of drug-likeness (QED) is 0.525. The summed E-state index contributed by atoms with van der Waals surface area (Å²) < 4.78 is 16.5. The first-order chi connectivity index (χ1) is 15.0. The Kier molecular flexibility index (Phi) is 6.43. The largest absolute Gasteiger partial charge is 0.493 e. The second kappa shape index (κ2) is 9.24. The monoisotopic (exact) mass is 458 g/mol. The average molecular weight is 459 g/mol. The Morgan fingerprint density at radius 2 is 2.10 bits per heavy atom. The van der Waals surface area contributed by atoms with Gasteiger partial charge in [-0.25, -0.2) is 0 Å². The van der Waals surface area contributed by atoms with E-state index >= 15 is 0 Å². The van der Waals surface area contributed by atoms with E-state index in [2.05, 4.69) is 10.5 Å². The fourth-order valence-corrected chi connectivity index (χ4v) is 4.83. The predicted octanol–water partition coefficient (Wildman–Crippen LogP) is 5.50. The van der Waals surface area contributed by atoms with Crippen LogP contribution in [0.1, 0.15) is 45.4 Å². The minimum Gasteiger partial charge on any atom is -0.493 e. The Bertz CT molecular complexity index is 1100. The minimum atomic E-state index is -0.168. The molecule has 0 saturated carbocycles. The van der Waals surface area contributed by atoms with Gasteiger partial charge in [0.15, 0.2) is 11.5 Å². The van der Waals surface area contributed by atoms with Crippen molar-refractivity contribution in [3.05, 3.63) is 69.6 Å². The topological polar surface area (TPSA) is 73.6 Å². The van der Waals surface area contributed by atoms with Crippen LogP contribution in [0.4, 0.5) is 0 Å². The van der Waals surface area contributed by atoms with Gasteiger partial charge in [0.1, 0.15) is 12.4 Å². The van der Waals surface area contributed by atoms with Crippen LogP contribution in [0.25, 0.3) is 0 Å². The van der Waals surface area contributed by atoms with E-state index in [0.29, 0.717) is 28.7 Å². The van der Waals surface area contributed by atoms with Crippen molar-refractivity contribution in [1.29, 1.82) is 0 Å². The van der Waals surface area contributed by atoms with Crippen LogP contribution in [-0.4, -0.2) is 23.9 Å². The second-order valence-corrected chi connectivity index (χ2v) is 8.88. The van der Waals surface area contributed by atoms with Crippen LogP contribution in [0.5, 0.6) is 11.5 Å². The van der Waals surface area contributed by atoms with Crippen LogP contribution in [-0.2, 0) is 6.61 Å². The number of amides is 1. The SMILES string of the molecule is COc1cc(C(=O)N[C@@H]2CCSc3ccc(Cl)cc32)ccc1OCc1c(C)noc1C. The molecule has 0 saturated heterocycles. The maximum atomic E-state index is 13.0. The van der Waals surface area contributed by atoms with Crippen LogP contribution < -0.4 is 14.8 Å². The number of nitrogens with one attached hydrogen (secondary N) is 1. The molecule has 0 fully saturated rings. The smallest absolute Gasteiger partial charge is 0.251 e. The summed E-state index contributed by atoms with van der Waals surface area (Å²) in [5, 5.41) is 7.74. The molecule has 6 nitrogen and oxygen atoms in total. The first kappa shape index (κ1) is 21.6.